The summed E-state index contributed by atoms with van der Waals surface area (Å²) in [6, 6.07) is 0. The first-order valence-corrected chi connectivity index (χ1v) is 3.22. The molecule has 66 valence electrons. The SMILES string of the molecule is CC(C)=O.CC(CO)C(=O)O. The van der Waals surface area contributed by atoms with E-state index in [2.05, 4.69) is 0 Å². The molecule has 0 rings (SSSR count). The van der Waals surface area contributed by atoms with E-state index in [4.69, 9.17) is 10.2 Å². The molecule has 0 spiro atoms. The van der Waals surface area contributed by atoms with Gasteiger partial charge in [-0.25, -0.2) is 0 Å². The van der Waals surface area contributed by atoms with Crippen molar-refractivity contribution in [2.24, 2.45) is 5.92 Å². The number of carbonyl (C=O) groups excluding carboxylic acids is 1. The molecule has 0 amide bonds. The third-order valence-corrected chi connectivity index (χ3v) is 0.695. The largest absolute Gasteiger partial charge is 0.481 e. The quantitative estimate of drug-likeness (QED) is 0.612. The van der Waals surface area contributed by atoms with E-state index in [0.717, 1.165) is 0 Å². The minimum Gasteiger partial charge on any atom is -0.481 e. The van der Waals surface area contributed by atoms with Crippen LogP contribution in [0.25, 0.3) is 0 Å². The molecule has 11 heavy (non-hydrogen) atoms. The lowest BCUT2D eigenvalue weighted by molar-refractivity contribution is -0.142. The molecule has 0 saturated heterocycles. The highest BCUT2D eigenvalue weighted by molar-refractivity contribution is 5.72. The number of aliphatic carboxylic acids is 1. The van der Waals surface area contributed by atoms with E-state index in [9.17, 15) is 9.59 Å². The van der Waals surface area contributed by atoms with Crippen LogP contribution >= 0.6 is 0 Å². The molecule has 1 unspecified atom stereocenters. The summed E-state index contributed by atoms with van der Waals surface area (Å²) in [5, 5.41) is 16.1. The highest BCUT2D eigenvalue weighted by Crippen LogP contribution is 1.88. The molecule has 0 aromatic rings. The minimum atomic E-state index is -0.956. The number of carbonyl (C=O) groups is 2. The zero-order valence-corrected chi connectivity index (χ0v) is 7.00. The lowest BCUT2D eigenvalue weighted by Gasteiger charge is -1.95. The fourth-order valence-corrected chi connectivity index (χ4v) is 0.0781. The number of Topliss-reactive ketones (excluding diaryl/α,β-unsaturated/α-hetero) is 1. The molecule has 0 heterocycles. The molecule has 1 atom stereocenters. The Morgan fingerprint density at radius 1 is 1.36 bits per heavy atom. The summed E-state index contributed by atoms with van der Waals surface area (Å²) < 4.78 is 0. The summed E-state index contributed by atoms with van der Waals surface area (Å²) in [6.45, 7) is 4.22. The molecule has 4 nitrogen and oxygen atoms in total. The Kier molecular flexibility index (Phi) is 8.36. The highest BCUT2D eigenvalue weighted by Gasteiger charge is 2.06. The van der Waals surface area contributed by atoms with Gasteiger partial charge in [0.05, 0.1) is 12.5 Å². The van der Waals surface area contributed by atoms with Crippen molar-refractivity contribution in [2.45, 2.75) is 20.8 Å². The van der Waals surface area contributed by atoms with Crippen LogP contribution in [0.2, 0.25) is 0 Å². The van der Waals surface area contributed by atoms with Crippen molar-refractivity contribution in [3.8, 4) is 0 Å². The maximum absolute atomic E-state index is 9.77. The van der Waals surface area contributed by atoms with E-state index < -0.39 is 11.9 Å². The Morgan fingerprint density at radius 2 is 1.64 bits per heavy atom. The number of carboxylic acids is 1. The highest BCUT2D eigenvalue weighted by atomic mass is 16.4. The van der Waals surface area contributed by atoms with Gasteiger partial charge in [-0.1, -0.05) is 0 Å². The Morgan fingerprint density at radius 3 is 1.64 bits per heavy atom. The van der Waals surface area contributed by atoms with Crippen LogP contribution in [-0.4, -0.2) is 28.6 Å². The molecule has 0 aromatic carbocycles. The topological polar surface area (TPSA) is 74.6 Å². The van der Waals surface area contributed by atoms with Gasteiger partial charge in [0, 0.05) is 0 Å². The average Bonchev–Trinajstić information content (AvgIpc) is 1.85. The predicted molar refractivity (Wildman–Crippen MR) is 40.2 cm³/mol. The van der Waals surface area contributed by atoms with E-state index >= 15 is 0 Å². The number of rotatable bonds is 2. The van der Waals surface area contributed by atoms with Gasteiger partial charge in [-0.15, -0.1) is 0 Å². The average molecular weight is 162 g/mol. The summed E-state index contributed by atoms with van der Waals surface area (Å²) in [5.74, 6) is -1.41. The van der Waals surface area contributed by atoms with Crippen LogP contribution in [0.4, 0.5) is 0 Å². The second kappa shape index (κ2) is 7.21. The van der Waals surface area contributed by atoms with Crippen molar-refractivity contribution >= 4 is 11.8 Å². The van der Waals surface area contributed by atoms with Crippen LogP contribution in [0.3, 0.4) is 0 Å². The number of hydrogen-bond donors (Lipinski definition) is 2. The van der Waals surface area contributed by atoms with Crippen LogP contribution in [0.5, 0.6) is 0 Å². The summed E-state index contributed by atoms with van der Waals surface area (Å²) >= 11 is 0. The normalized spacial score (nSPS) is 10.9. The number of aliphatic hydroxyl groups is 1. The molecule has 0 saturated carbocycles. The molecule has 0 bridgehead atoms. The minimum absolute atomic E-state index is 0.167. The van der Waals surface area contributed by atoms with Crippen molar-refractivity contribution in [2.75, 3.05) is 6.61 Å². The van der Waals surface area contributed by atoms with Crippen LogP contribution in [0.1, 0.15) is 20.8 Å². The molecule has 2 N–H and O–H groups in total. The van der Waals surface area contributed by atoms with Crippen LogP contribution in [0.15, 0.2) is 0 Å². The van der Waals surface area contributed by atoms with Crippen molar-refractivity contribution in [3.05, 3.63) is 0 Å². The summed E-state index contributed by atoms with van der Waals surface area (Å²) in [5.41, 5.74) is 0. The first-order valence-electron chi connectivity index (χ1n) is 3.22. The molecule has 0 aliphatic rings. The second-order valence-corrected chi connectivity index (χ2v) is 2.33. The summed E-state index contributed by atoms with van der Waals surface area (Å²) in [7, 11) is 0. The maximum Gasteiger partial charge on any atom is 0.308 e. The van der Waals surface area contributed by atoms with E-state index in [0.29, 0.717) is 0 Å². The lowest BCUT2D eigenvalue weighted by Crippen LogP contribution is -2.12. The molecule has 0 aliphatic heterocycles. The number of ketones is 1. The van der Waals surface area contributed by atoms with Crippen molar-refractivity contribution < 1.29 is 19.8 Å². The standard InChI is InChI=1S/C4H8O3.C3H6O/c1-3(2-5)4(6)7;1-3(2)4/h3,5H,2H2,1H3,(H,6,7);1-2H3. The van der Waals surface area contributed by atoms with E-state index in [1.54, 1.807) is 0 Å². The van der Waals surface area contributed by atoms with Crippen molar-refractivity contribution in [1.82, 2.24) is 0 Å². The van der Waals surface area contributed by atoms with Crippen LogP contribution in [0, 0.1) is 5.92 Å². The number of carboxylic acid groups (broad SMARTS) is 1. The third-order valence-electron chi connectivity index (χ3n) is 0.695. The first kappa shape index (κ1) is 12.7. The zero-order valence-electron chi connectivity index (χ0n) is 7.00. The van der Waals surface area contributed by atoms with Gasteiger partial charge in [-0.05, 0) is 20.8 Å². The smallest absolute Gasteiger partial charge is 0.308 e. The Labute approximate surface area is 65.8 Å². The Bertz CT molecular complexity index is 126. The van der Waals surface area contributed by atoms with E-state index in [1.165, 1.54) is 20.8 Å². The van der Waals surface area contributed by atoms with Gasteiger partial charge in [-0.3, -0.25) is 4.79 Å². The van der Waals surface area contributed by atoms with Crippen molar-refractivity contribution in [3.63, 3.8) is 0 Å². The number of aliphatic hydroxyl groups excluding tert-OH is 1. The zero-order chi connectivity index (χ0) is 9.44. The maximum atomic E-state index is 9.77. The van der Waals surface area contributed by atoms with Gasteiger partial charge in [0.1, 0.15) is 5.78 Å². The van der Waals surface area contributed by atoms with E-state index in [-0.39, 0.29) is 12.4 Å². The Balaban J connectivity index is 0. The summed E-state index contributed by atoms with van der Waals surface area (Å²) in [6.07, 6.45) is 0. The molecule has 0 aromatic heterocycles. The predicted octanol–water partition coefficient (Wildman–Crippen LogP) is 0.295. The van der Waals surface area contributed by atoms with Crippen LogP contribution in [-0.2, 0) is 9.59 Å². The molecular formula is C7H14O4. The number of hydrogen-bond acceptors (Lipinski definition) is 3. The first-order chi connectivity index (χ1) is 4.91. The fraction of sp³-hybridized carbons (Fsp3) is 0.714. The Hall–Kier alpha value is -0.900. The lowest BCUT2D eigenvalue weighted by atomic mass is 10.2. The van der Waals surface area contributed by atoms with Crippen LogP contribution < -0.4 is 0 Å². The van der Waals surface area contributed by atoms with Gasteiger partial charge in [0.2, 0.25) is 0 Å². The molecular weight excluding hydrogens is 148 g/mol. The molecule has 4 heteroatoms. The fourth-order valence-electron chi connectivity index (χ4n) is 0.0781. The molecule has 0 radical (unpaired) electrons. The van der Waals surface area contributed by atoms with Gasteiger partial charge in [0.25, 0.3) is 0 Å². The second-order valence-electron chi connectivity index (χ2n) is 2.33. The monoisotopic (exact) mass is 162 g/mol. The van der Waals surface area contributed by atoms with Gasteiger partial charge in [-0.2, -0.15) is 0 Å². The van der Waals surface area contributed by atoms with Gasteiger partial charge in [0.15, 0.2) is 0 Å². The van der Waals surface area contributed by atoms with Gasteiger partial charge >= 0.3 is 5.97 Å². The third kappa shape index (κ3) is 17.6. The van der Waals surface area contributed by atoms with Gasteiger partial charge < -0.3 is 15.0 Å². The summed E-state index contributed by atoms with van der Waals surface area (Å²) in [4.78, 5) is 19.2. The van der Waals surface area contributed by atoms with E-state index in [1.807, 2.05) is 0 Å². The van der Waals surface area contributed by atoms with Crippen molar-refractivity contribution in [1.29, 1.82) is 0 Å². The molecule has 0 fully saturated rings. The molecule has 0 aliphatic carbocycles.